The third-order valence-corrected chi connectivity index (χ3v) is 3.72. The molecule has 0 heterocycles. The van der Waals surface area contributed by atoms with Crippen molar-refractivity contribution >= 4 is 0 Å². The predicted molar refractivity (Wildman–Crippen MR) is 81.2 cm³/mol. The molecule has 20 heavy (non-hydrogen) atoms. The molecule has 0 saturated heterocycles. The number of rotatable bonds is 5. The molecular weight excluding hydrogens is 250 g/mol. The average molecular weight is 271 g/mol. The SMILES string of the molecule is CCC(N)(c1ccccc1)c1c(OC)cccc1OC. The second-order valence-electron chi connectivity index (χ2n) is 4.73. The summed E-state index contributed by atoms with van der Waals surface area (Å²) in [5.41, 5.74) is 8.03. The van der Waals surface area contributed by atoms with E-state index in [1.165, 1.54) is 0 Å². The van der Waals surface area contributed by atoms with E-state index in [2.05, 4.69) is 6.92 Å². The van der Waals surface area contributed by atoms with Crippen molar-refractivity contribution in [2.75, 3.05) is 14.2 Å². The van der Waals surface area contributed by atoms with Gasteiger partial charge in [-0.15, -0.1) is 0 Å². The molecule has 0 aliphatic rings. The van der Waals surface area contributed by atoms with Crippen LogP contribution < -0.4 is 15.2 Å². The van der Waals surface area contributed by atoms with Crippen LogP contribution in [0.5, 0.6) is 11.5 Å². The van der Waals surface area contributed by atoms with Crippen molar-refractivity contribution in [2.24, 2.45) is 5.73 Å². The van der Waals surface area contributed by atoms with Crippen LogP contribution in [0.1, 0.15) is 24.5 Å². The zero-order valence-corrected chi connectivity index (χ0v) is 12.2. The molecule has 0 amide bonds. The van der Waals surface area contributed by atoms with Crippen molar-refractivity contribution in [3.63, 3.8) is 0 Å². The molecule has 2 rings (SSSR count). The largest absolute Gasteiger partial charge is 0.496 e. The fourth-order valence-corrected chi connectivity index (χ4v) is 2.55. The van der Waals surface area contributed by atoms with Crippen molar-refractivity contribution in [3.05, 3.63) is 59.7 Å². The predicted octanol–water partition coefficient (Wildman–Crippen LogP) is 3.32. The zero-order chi connectivity index (χ0) is 14.6. The van der Waals surface area contributed by atoms with Gasteiger partial charge in [-0.05, 0) is 24.1 Å². The van der Waals surface area contributed by atoms with E-state index in [0.29, 0.717) is 0 Å². The van der Waals surface area contributed by atoms with Gasteiger partial charge in [0.1, 0.15) is 11.5 Å². The van der Waals surface area contributed by atoms with E-state index in [4.69, 9.17) is 15.2 Å². The van der Waals surface area contributed by atoms with Gasteiger partial charge < -0.3 is 15.2 Å². The van der Waals surface area contributed by atoms with Gasteiger partial charge >= 0.3 is 0 Å². The van der Waals surface area contributed by atoms with E-state index < -0.39 is 5.54 Å². The van der Waals surface area contributed by atoms with Crippen LogP contribution in [0.15, 0.2) is 48.5 Å². The van der Waals surface area contributed by atoms with Crippen molar-refractivity contribution in [1.29, 1.82) is 0 Å². The van der Waals surface area contributed by atoms with Gasteiger partial charge in [0.2, 0.25) is 0 Å². The van der Waals surface area contributed by atoms with Crippen LogP contribution in [-0.4, -0.2) is 14.2 Å². The molecule has 1 atom stereocenters. The lowest BCUT2D eigenvalue weighted by Crippen LogP contribution is -2.38. The van der Waals surface area contributed by atoms with Gasteiger partial charge in [0.15, 0.2) is 0 Å². The smallest absolute Gasteiger partial charge is 0.127 e. The summed E-state index contributed by atoms with van der Waals surface area (Å²) in [5, 5.41) is 0. The molecule has 0 saturated carbocycles. The molecule has 2 aromatic rings. The zero-order valence-electron chi connectivity index (χ0n) is 12.2. The standard InChI is InChI=1S/C17H21NO2/c1-4-17(18,13-9-6-5-7-10-13)16-14(19-2)11-8-12-15(16)20-3/h5-12H,4,18H2,1-3H3. The van der Waals surface area contributed by atoms with Crippen LogP contribution in [0.4, 0.5) is 0 Å². The number of methoxy groups -OCH3 is 2. The Bertz CT molecular complexity index is 546. The summed E-state index contributed by atoms with van der Waals surface area (Å²) in [4.78, 5) is 0. The lowest BCUT2D eigenvalue weighted by atomic mass is 9.80. The Kier molecular flexibility index (Phi) is 4.30. The quantitative estimate of drug-likeness (QED) is 0.907. The lowest BCUT2D eigenvalue weighted by molar-refractivity contribution is 0.361. The Morgan fingerprint density at radius 2 is 1.45 bits per heavy atom. The molecule has 0 aliphatic carbocycles. The fraction of sp³-hybridized carbons (Fsp3) is 0.294. The molecule has 106 valence electrons. The number of benzene rings is 2. The van der Waals surface area contributed by atoms with Gasteiger partial charge in [-0.1, -0.05) is 43.3 Å². The summed E-state index contributed by atoms with van der Waals surface area (Å²) < 4.78 is 11.0. The van der Waals surface area contributed by atoms with E-state index in [1.54, 1.807) is 14.2 Å². The molecular formula is C17H21NO2. The third-order valence-electron chi connectivity index (χ3n) is 3.72. The number of ether oxygens (including phenoxy) is 2. The normalized spacial score (nSPS) is 13.6. The highest BCUT2D eigenvalue weighted by molar-refractivity contribution is 5.54. The highest BCUT2D eigenvalue weighted by Crippen LogP contribution is 2.41. The van der Waals surface area contributed by atoms with Crippen LogP contribution in [-0.2, 0) is 5.54 Å². The van der Waals surface area contributed by atoms with Gasteiger partial charge in [0.25, 0.3) is 0 Å². The first-order valence-corrected chi connectivity index (χ1v) is 6.73. The minimum atomic E-state index is -0.640. The van der Waals surface area contributed by atoms with Crippen molar-refractivity contribution in [1.82, 2.24) is 0 Å². The van der Waals surface area contributed by atoms with Crippen molar-refractivity contribution in [2.45, 2.75) is 18.9 Å². The maximum absolute atomic E-state index is 6.73. The topological polar surface area (TPSA) is 44.5 Å². The van der Waals surface area contributed by atoms with Crippen LogP contribution in [0.3, 0.4) is 0 Å². The Balaban J connectivity index is 2.68. The third kappa shape index (κ3) is 2.37. The molecule has 2 aromatic carbocycles. The van der Waals surface area contributed by atoms with Crippen LogP contribution in [0, 0.1) is 0 Å². The van der Waals surface area contributed by atoms with E-state index in [0.717, 1.165) is 29.0 Å². The summed E-state index contributed by atoms with van der Waals surface area (Å²) in [6.45, 7) is 2.07. The van der Waals surface area contributed by atoms with E-state index in [9.17, 15) is 0 Å². The molecule has 0 radical (unpaired) electrons. The summed E-state index contributed by atoms with van der Waals surface area (Å²) in [7, 11) is 3.30. The van der Waals surface area contributed by atoms with Gasteiger partial charge in [-0.25, -0.2) is 0 Å². The van der Waals surface area contributed by atoms with Crippen molar-refractivity contribution in [3.8, 4) is 11.5 Å². The van der Waals surface area contributed by atoms with E-state index >= 15 is 0 Å². The summed E-state index contributed by atoms with van der Waals surface area (Å²) in [5.74, 6) is 1.50. The Morgan fingerprint density at radius 1 is 0.900 bits per heavy atom. The summed E-state index contributed by atoms with van der Waals surface area (Å²) >= 11 is 0. The Hall–Kier alpha value is -2.00. The first kappa shape index (κ1) is 14.4. The monoisotopic (exact) mass is 271 g/mol. The van der Waals surface area contributed by atoms with Crippen LogP contribution >= 0.6 is 0 Å². The molecule has 2 N–H and O–H groups in total. The number of hydrogen-bond donors (Lipinski definition) is 1. The molecule has 0 bridgehead atoms. The maximum atomic E-state index is 6.73. The average Bonchev–Trinajstić information content (AvgIpc) is 2.54. The minimum absolute atomic E-state index is 0.640. The number of nitrogens with two attached hydrogens (primary N) is 1. The summed E-state index contributed by atoms with van der Waals surface area (Å²) in [6, 6.07) is 15.8. The number of hydrogen-bond acceptors (Lipinski definition) is 3. The van der Waals surface area contributed by atoms with Gasteiger partial charge in [-0.3, -0.25) is 0 Å². The van der Waals surface area contributed by atoms with Gasteiger partial charge in [0.05, 0.1) is 25.3 Å². The second kappa shape index (κ2) is 5.97. The minimum Gasteiger partial charge on any atom is -0.496 e. The first-order chi connectivity index (χ1) is 9.67. The molecule has 0 spiro atoms. The summed E-state index contributed by atoms with van der Waals surface area (Å²) in [6.07, 6.45) is 0.744. The van der Waals surface area contributed by atoms with Crippen LogP contribution in [0.25, 0.3) is 0 Å². The molecule has 1 unspecified atom stereocenters. The fourth-order valence-electron chi connectivity index (χ4n) is 2.55. The van der Waals surface area contributed by atoms with E-state index in [1.807, 2.05) is 48.5 Å². The molecule has 0 fully saturated rings. The highest BCUT2D eigenvalue weighted by Gasteiger charge is 2.33. The van der Waals surface area contributed by atoms with Gasteiger partial charge in [0, 0.05) is 0 Å². The molecule has 0 aromatic heterocycles. The Labute approximate surface area is 120 Å². The maximum Gasteiger partial charge on any atom is 0.127 e. The molecule has 0 aliphatic heterocycles. The highest BCUT2D eigenvalue weighted by atomic mass is 16.5. The molecule has 3 nitrogen and oxygen atoms in total. The van der Waals surface area contributed by atoms with Crippen LogP contribution in [0.2, 0.25) is 0 Å². The first-order valence-electron chi connectivity index (χ1n) is 6.73. The second-order valence-corrected chi connectivity index (χ2v) is 4.73. The van der Waals surface area contributed by atoms with Crippen molar-refractivity contribution < 1.29 is 9.47 Å². The lowest BCUT2D eigenvalue weighted by Gasteiger charge is -2.32. The van der Waals surface area contributed by atoms with E-state index in [-0.39, 0.29) is 0 Å². The van der Waals surface area contributed by atoms with Gasteiger partial charge in [-0.2, -0.15) is 0 Å². The Morgan fingerprint density at radius 3 is 1.90 bits per heavy atom. The molecule has 3 heteroatoms.